The van der Waals surface area contributed by atoms with Crippen LogP contribution in [-0.2, 0) is 4.79 Å². The molecule has 3 rings (SSSR count). The minimum atomic E-state index is -1.59. The van der Waals surface area contributed by atoms with Gasteiger partial charge >= 0.3 is 0 Å². The normalized spacial score (nSPS) is 23.6. The van der Waals surface area contributed by atoms with Crippen molar-refractivity contribution in [1.29, 1.82) is 5.26 Å². The monoisotopic (exact) mass is 350 g/mol. The van der Waals surface area contributed by atoms with Crippen molar-refractivity contribution < 1.29 is 19.1 Å². The van der Waals surface area contributed by atoms with Crippen LogP contribution in [0.25, 0.3) is 0 Å². The van der Waals surface area contributed by atoms with E-state index in [1.807, 2.05) is 6.07 Å². The van der Waals surface area contributed by atoms with Crippen molar-refractivity contribution in [3.63, 3.8) is 0 Å². The molecule has 1 amide bonds. The number of carbonyl (C=O) groups is 2. The number of Topliss-reactive ketones (excluding diaryl/α,β-unsaturated/α-hetero) is 1. The molecule has 1 aliphatic carbocycles. The minimum absolute atomic E-state index is 0.283. The van der Waals surface area contributed by atoms with Gasteiger partial charge in [-0.05, 0) is 6.07 Å². The molecule has 0 bridgehead atoms. The summed E-state index contributed by atoms with van der Waals surface area (Å²) in [7, 11) is 3.00. The molecule has 2 aromatic carbocycles. The fraction of sp³-hybridized carbons (Fsp3) is 0.250. The largest absolute Gasteiger partial charge is 0.497 e. The summed E-state index contributed by atoms with van der Waals surface area (Å²) >= 11 is 0. The molecule has 6 heteroatoms. The Hall–Kier alpha value is -3.33. The van der Waals surface area contributed by atoms with Crippen LogP contribution in [0, 0.1) is 22.7 Å². The van der Waals surface area contributed by atoms with Crippen molar-refractivity contribution >= 4 is 11.7 Å². The van der Waals surface area contributed by atoms with Gasteiger partial charge in [-0.25, -0.2) is 0 Å². The van der Waals surface area contributed by atoms with Gasteiger partial charge in [0.15, 0.2) is 11.2 Å². The SMILES string of the molecule is COc1ccc([C@H]2[C@@H](C(=O)c3ccccc3)[C@]2(C#N)C(N)=O)c(OC)c1. The third-order valence-electron chi connectivity index (χ3n) is 4.91. The van der Waals surface area contributed by atoms with E-state index >= 15 is 0 Å². The number of ether oxygens (including phenoxy) is 2. The lowest BCUT2D eigenvalue weighted by atomic mass is 9.98. The van der Waals surface area contributed by atoms with E-state index in [9.17, 15) is 14.9 Å². The third-order valence-corrected chi connectivity index (χ3v) is 4.91. The molecule has 1 saturated carbocycles. The van der Waals surface area contributed by atoms with Crippen molar-refractivity contribution in [2.45, 2.75) is 5.92 Å². The average molecular weight is 350 g/mol. The summed E-state index contributed by atoms with van der Waals surface area (Å²) in [6.07, 6.45) is 0. The molecule has 0 radical (unpaired) electrons. The van der Waals surface area contributed by atoms with E-state index in [1.54, 1.807) is 48.5 Å². The summed E-state index contributed by atoms with van der Waals surface area (Å²) in [5, 5.41) is 9.72. The molecule has 0 heterocycles. The van der Waals surface area contributed by atoms with Crippen LogP contribution >= 0.6 is 0 Å². The number of rotatable bonds is 6. The Labute approximate surface area is 151 Å². The van der Waals surface area contributed by atoms with Crippen LogP contribution in [0.3, 0.4) is 0 Å². The van der Waals surface area contributed by atoms with Crippen LogP contribution in [0.4, 0.5) is 0 Å². The second-order valence-corrected chi connectivity index (χ2v) is 6.14. The van der Waals surface area contributed by atoms with Crippen molar-refractivity contribution in [2.75, 3.05) is 14.2 Å². The van der Waals surface area contributed by atoms with Crippen molar-refractivity contribution in [3.05, 3.63) is 59.7 Å². The van der Waals surface area contributed by atoms with Gasteiger partial charge in [-0.2, -0.15) is 5.26 Å². The predicted molar refractivity (Wildman–Crippen MR) is 93.8 cm³/mol. The molecule has 2 aromatic rings. The first kappa shape index (κ1) is 17.5. The summed E-state index contributed by atoms with van der Waals surface area (Å²) in [6.45, 7) is 0. The number of methoxy groups -OCH3 is 2. The molecule has 0 saturated heterocycles. The van der Waals surface area contributed by atoms with Crippen LogP contribution in [0.2, 0.25) is 0 Å². The van der Waals surface area contributed by atoms with Crippen LogP contribution in [0.1, 0.15) is 21.8 Å². The zero-order valence-electron chi connectivity index (χ0n) is 14.4. The number of amides is 1. The van der Waals surface area contributed by atoms with E-state index in [4.69, 9.17) is 15.2 Å². The molecule has 2 N–H and O–H groups in total. The zero-order chi connectivity index (χ0) is 18.9. The Bertz CT molecular complexity index is 904. The van der Waals surface area contributed by atoms with Gasteiger partial charge in [0.05, 0.1) is 26.2 Å². The summed E-state index contributed by atoms with van der Waals surface area (Å²) in [6, 6.07) is 15.6. The first-order chi connectivity index (χ1) is 12.5. The fourth-order valence-electron chi connectivity index (χ4n) is 3.53. The molecule has 1 fully saturated rings. The topological polar surface area (TPSA) is 102 Å². The highest BCUT2D eigenvalue weighted by atomic mass is 16.5. The van der Waals surface area contributed by atoms with E-state index in [1.165, 1.54) is 14.2 Å². The fourth-order valence-corrected chi connectivity index (χ4v) is 3.53. The van der Waals surface area contributed by atoms with Gasteiger partial charge in [0, 0.05) is 23.1 Å². The van der Waals surface area contributed by atoms with E-state index < -0.39 is 23.2 Å². The van der Waals surface area contributed by atoms with Gasteiger partial charge in [0.25, 0.3) is 0 Å². The molecule has 0 spiro atoms. The third kappa shape index (κ3) is 2.49. The van der Waals surface area contributed by atoms with Crippen molar-refractivity contribution in [3.8, 4) is 17.6 Å². The maximum absolute atomic E-state index is 13.0. The summed E-state index contributed by atoms with van der Waals surface area (Å²) in [5.41, 5.74) is 4.98. The maximum atomic E-state index is 13.0. The molecule has 6 nitrogen and oxygen atoms in total. The number of benzene rings is 2. The molecule has 3 atom stereocenters. The number of hydrogen-bond acceptors (Lipinski definition) is 5. The average Bonchev–Trinajstić information content (AvgIpc) is 3.37. The molecular formula is C20H18N2O4. The lowest BCUT2D eigenvalue weighted by Crippen LogP contribution is -2.28. The molecule has 1 aliphatic rings. The molecule has 0 aliphatic heterocycles. The highest BCUT2D eigenvalue weighted by molar-refractivity contribution is 6.08. The predicted octanol–water partition coefficient (Wildman–Crippen LogP) is 2.30. The summed E-state index contributed by atoms with van der Waals surface area (Å²) in [4.78, 5) is 25.1. The van der Waals surface area contributed by atoms with Gasteiger partial charge in [-0.1, -0.05) is 36.4 Å². The van der Waals surface area contributed by atoms with Crippen LogP contribution < -0.4 is 15.2 Å². The van der Waals surface area contributed by atoms with E-state index in [0.717, 1.165) is 0 Å². The smallest absolute Gasteiger partial charge is 0.239 e. The summed E-state index contributed by atoms with van der Waals surface area (Å²) < 4.78 is 10.6. The lowest BCUT2D eigenvalue weighted by Gasteiger charge is -2.11. The van der Waals surface area contributed by atoms with Gasteiger partial charge in [-0.3, -0.25) is 9.59 Å². The summed E-state index contributed by atoms with van der Waals surface area (Å²) in [5.74, 6) is -1.60. The first-order valence-corrected chi connectivity index (χ1v) is 8.03. The molecule has 26 heavy (non-hydrogen) atoms. The first-order valence-electron chi connectivity index (χ1n) is 8.03. The molecule has 0 unspecified atom stereocenters. The Morgan fingerprint density at radius 2 is 1.81 bits per heavy atom. The maximum Gasteiger partial charge on any atom is 0.239 e. The number of ketones is 1. The van der Waals surface area contributed by atoms with Gasteiger partial charge < -0.3 is 15.2 Å². The van der Waals surface area contributed by atoms with E-state index in [0.29, 0.717) is 22.6 Å². The number of nitrogens with zero attached hydrogens (tertiary/aromatic N) is 1. The lowest BCUT2D eigenvalue weighted by molar-refractivity contribution is -0.121. The van der Waals surface area contributed by atoms with Crippen molar-refractivity contribution in [1.82, 2.24) is 0 Å². The van der Waals surface area contributed by atoms with E-state index in [-0.39, 0.29) is 5.78 Å². The molecule has 0 aromatic heterocycles. The van der Waals surface area contributed by atoms with Crippen LogP contribution in [0.15, 0.2) is 48.5 Å². The number of nitriles is 1. The van der Waals surface area contributed by atoms with Gasteiger partial charge in [-0.15, -0.1) is 0 Å². The minimum Gasteiger partial charge on any atom is -0.497 e. The number of nitrogens with two attached hydrogens (primary N) is 1. The highest BCUT2D eigenvalue weighted by Gasteiger charge is 2.74. The van der Waals surface area contributed by atoms with Crippen LogP contribution in [-0.4, -0.2) is 25.9 Å². The second-order valence-electron chi connectivity index (χ2n) is 6.14. The van der Waals surface area contributed by atoms with Crippen LogP contribution in [0.5, 0.6) is 11.5 Å². The highest BCUT2D eigenvalue weighted by Crippen LogP contribution is 2.67. The van der Waals surface area contributed by atoms with E-state index in [2.05, 4.69) is 0 Å². The Balaban J connectivity index is 2.09. The molecular weight excluding hydrogens is 332 g/mol. The van der Waals surface area contributed by atoms with Gasteiger partial charge in [0.1, 0.15) is 11.5 Å². The number of hydrogen-bond donors (Lipinski definition) is 1. The van der Waals surface area contributed by atoms with Crippen molar-refractivity contribution in [2.24, 2.45) is 17.1 Å². The second kappa shape index (κ2) is 6.52. The quantitative estimate of drug-likeness (QED) is 0.805. The number of primary amides is 1. The Morgan fingerprint density at radius 1 is 1.12 bits per heavy atom. The Kier molecular flexibility index (Phi) is 4.39. The van der Waals surface area contributed by atoms with Gasteiger partial charge in [0.2, 0.25) is 5.91 Å². The number of carbonyl (C=O) groups excluding carboxylic acids is 2. The Morgan fingerprint density at radius 3 is 2.35 bits per heavy atom. The zero-order valence-corrected chi connectivity index (χ0v) is 14.4. The standard InChI is InChI=1S/C20H18N2O4/c1-25-13-8-9-14(15(10-13)26-2)16-17(20(16,11-21)19(22)24)18(23)12-6-4-3-5-7-12/h3-10,16-17H,1-2H3,(H2,22,24)/t16-,17-,20+/m0/s1. The molecule has 132 valence electrons.